The smallest absolute Gasteiger partial charge is 0.337 e. The highest BCUT2D eigenvalue weighted by molar-refractivity contribution is 5.94. The van der Waals surface area contributed by atoms with Crippen LogP contribution in [0.25, 0.3) is 0 Å². The second-order valence-electron chi connectivity index (χ2n) is 7.83. The number of methoxy groups -OCH3 is 1. The Labute approximate surface area is 165 Å². The third-order valence-electron chi connectivity index (χ3n) is 5.97. The van der Waals surface area contributed by atoms with E-state index in [0.717, 1.165) is 16.9 Å². The van der Waals surface area contributed by atoms with Crippen LogP contribution in [0.4, 0.5) is 11.4 Å². The number of fused-ring (bicyclic) bond motifs is 1. The number of ether oxygens (including phenoxy) is 1. The lowest BCUT2D eigenvalue weighted by atomic mass is 9.80. The summed E-state index contributed by atoms with van der Waals surface area (Å²) >= 11 is 0. The van der Waals surface area contributed by atoms with Crippen molar-refractivity contribution in [2.24, 2.45) is 11.8 Å². The highest BCUT2D eigenvalue weighted by Gasteiger charge is 2.47. The number of nitrogens with zero attached hydrogens (tertiary/aromatic N) is 1. The van der Waals surface area contributed by atoms with Crippen molar-refractivity contribution in [1.29, 1.82) is 0 Å². The fourth-order valence-corrected chi connectivity index (χ4v) is 4.51. The quantitative estimate of drug-likeness (QED) is 0.801. The maximum atomic E-state index is 12.5. The van der Waals surface area contributed by atoms with Crippen molar-refractivity contribution >= 4 is 23.3 Å². The van der Waals surface area contributed by atoms with Gasteiger partial charge < -0.3 is 15.0 Å². The summed E-state index contributed by atoms with van der Waals surface area (Å²) in [7, 11) is 1.38. The molecule has 5 nitrogen and oxygen atoms in total. The second kappa shape index (κ2) is 7.30. The predicted octanol–water partition coefficient (Wildman–Crippen LogP) is 4.41. The predicted molar refractivity (Wildman–Crippen MR) is 109 cm³/mol. The Hall–Kier alpha value is -2.82. The standard InChI is InChI=1S/C23H26N2O3/c1-14-21(24-18-12-10-17(11-13-18)23(27)28-3)19-6-4-5-7-20(19)25(15(2)26)22(14)16-8-9-16/h4-7,10-14,16,21-22,24H,8-9H2,1-3H3/t14-,21-,22+/m1/s1. The van der Waals surface area contributed by atoms with Gasteiger partial charge in [0.2, 0.25) is 5.91 Å². The Kier molecular flexibility index (Phi) is 4.84. The zero-order valence-electron chi connectivity index (χ0n) is 16.5. The van der Waals surface area contributed by atoms with E-state index < -0.39 is 0 Å². The van der Waals surface area contributed by atoms with E-state index in [4.69, 9.17) is 4.74 Å². The molecule has 2 aromatic carbocycles. The summed E-state index contributed by atoms with van der Waals surface area (Å²) < 4.78 is 4.77. The zero-order valence-corrected chi connectivity index (χ0v) is 16.5. The largest absolute Gasteiger partial charge is 0.465 e. The maximum Gasteiger partial charge on any atom is 0.337 e. The molecule has 1 fully saturated rings. The molecule has 5 heteroatoms. The van der Waals surface area contributed by atoms with E-state index in [-0.39, 0.29) is 29.9 Å². The van der Waals surface area contributed by atoms with Crippen molar-refractivity contribution in [3.8, 4) is 0 Å². The number of nitrogens with one attached hydrogen (secondary N) is 1. The van der Waals surface area contributed by atoms with Crippen LogP contribution in [0.15, 0.2) is 48.5 Å². The van der Waals surface area contributed by atoms with Gasteiger partial charge in [0.1, 0.15) is 0 Å². The average Bonchev–Trinajstić information content (AvgIpc) is 3.54. The van der Waals surface area contributed by atoms with Crippen molar-refractivity contribution in [1.82, 2.24) is 0 Å². The molecular formula is C23H26N2O3. The first-order chi connectivity index (χ1) is 13.5. The van der Waals surface area contributed by atoms with E-state index >= 15 is 0 Å². The van der Waals surface area contributed by atoms with Crippen molar-refractivity contribution in [3.63, 3.8) is 0 Å². The highest BCUT2D eigenvalue weighted by atomic mass is 16.5. The SMILES string of the molecule is COC(=O)c1ccc(N[C@H]2c3ccccc3N(C(C)=O)[C@H](C3CC3)[C@@H]2C)cc1. The van der Waals surface area contributed by atoms with E-state index in [2.05, 4.69) is 18.3 Å². The third-order valence-corrected chi connectivity index (χ3v) is 5.97. The lowest BCUT2D eigenvalue weighted by Crippen LogP contribution is -2.51. The number of carbonyl (C=O) groups excluding carboxylic acids is 2. The number of amides is 1. The molecule has 146 valence electrons. The normalized spacial score (nSPS) is 23.7. The van der Waals surface area contributed by atoms with Gasteiger partial charge in [0, 0.05) is 30.3 Å². The average molecular weight is 378 g/mol. The minimum absolute atomic E-state index is 0.0985. The summed E-state index contributed by atoms with van der Waals surface area (Å²) in [6.07, 6.45) is 2.36. The lowest BCUT2D eigenvalue weighted by Gasteiger charge is -2.46. The van der Waals surface area contributed by atoms with Crippen LogP contribution in [0.2, 0.25) is 0 Å². The van der Waals surface area contributed by atoms with Crippen LogP contribution in [0.3, 0.4) is 0 Å². The Bertz CT molecular complexity index is 889. The van der Waals surface area contributed by atoms with Crippen molar-refractivity contribution < 1.29 is 14.3 Å². The molecule has 2 aromatic rings. The van der Waals surface area contributed by atoms with Gasteiger partial charge in [-0.2, -0.15) is 0 Å². The van der Waals surface area contributed by atoms with E-state index in [1.54, 1.807) is 19.1 Å². The first-order valence-electron chi connectivity index (χ1n) is 9.85. The monoisotopic (exact) mass is 378 g/mol. The van der Waals surface area contributed by atoms with Crippen LogP contribution >= 0.6 is 0 Å². The highest BCUT2D eigenvalue weighted by Crippen LogP contribution is 2.49. The Morgan fingerprint density at radius 1 is 1.07 bits per heavy atom. The number of benzene rings is 2. The molecule has 0 aromatic heterocycles. The van der Waals surface area contributed by atoms with E-state index in [1.165, 1.54) is 20.0 Å². The van der Waals surface area contributed by atoms with E-state index in [1.807, 2.05) is 35.2 Å². The maximum absolute atomic E-state index is 12.5. The summed E-state index contributed by atoms with van der Waals surface area (Å²) in [6, 6.07) is 15.8. The fraction of sp³-hybridized carbons (Fsp3) is 0.391. The van der Waals surface area contributed by atoms with E-state index in [0.29, 0.717) is 11.5 Å². The van der Waals surface area contributed by atoms with Gasteiger partial charge in [-0.05, 0) is 54.7 Å². The van der Waals surface area contributed by atoms with Gasteiger partial charge in [-0.15, -0.1) is 0 Å². The number of hydrogen-bond acceptors (Lipinski definition) is 4. The van der Waals surface area contributed by atoms with Gasteiger partial charge in [0.15, 0.2) is 0 Å². The molecule has 2 aliphatic rings. The second-order valence-corrected chi connectivity index (χ2v) is 7.83. The molecule has 1 N–H and O–H groups in total. The first-order valence-corrected chi connectivity index (χ1v) is 9.85. The van der Waals surface area contributed by atoms with Gasteiger partial charge in [0.25, 0.3) is 0 Å². The molecule has 1 amide bonds. The first kappa shape index (κ1) is 18.5. The van der Waals surface area contributed by atoms with Crippen LogP contribution < -0.4 is 10.2 Å². The molecule has 3 atom stereocenters. The zero-order chi connectivity index (χ0) is 19.8. The number of esters is 1. The van der Waals surface area contributed by atoms with Gasteiger partial charge >= 0.3 is 5.97 Å². The number of rotatable bonds is 4. The number of carbonyl (C=O) groups is 2. The van der Waals surface area contributed by atoms with Crippen molar-refractivity contribution in [3.05, 3.63) is 59.7 Å². The Balaban J connectivity index is 1.68. The molecule has 1 heterocycles. The topological polar surface area (TPSA) is 58.6 Å². The van der Waals surface area contributed by atoms with Crippen LogP contribution in [0.1, 0.15) is 48.7 Å². The number of hydrogen-bond donors (Lipinski definition) is 1. The summed E-state index contributed by atoms with van der Waals surface area (Å²) in [4.78, 5) is 26.2. The summed E-state index contributed by atoms with van der Waals surface area (Å²) in [6.45, 7) is 3.90. The molecular weight excluding hydrogens is 352 g/mol. The fourth-order valence-electron chi connectivity index (χ4n) is 4.51. The van der Waals surface area contributed by atoms with Crippen LogP contribution in [-0.4, -0.2) is 25.0 Å². The molecule has 0 spiro atoms. The molecule has 1 saturated carbocycles. The van der Waals surface area contributed by atoms with Crippen LogP contribution in [-0.2, 0) is 9.53 Å². The lowest BCUT2D eigenvalue weighted by molar-refractivity contribution is -0.117. The van der Waals surface area contributed by atoms with Crippen LogP contribution in [0, 0.1) is 11.8 Å². The third kappa shape index (κ3) is 3.26. The minimum Gasteiger partial charge on any atom is -0.465 e. The number of anilines is 2. The van der Waals surface area contributed by atoms with E-state index in [9.17, 15) is 9.59 Å². The molecule has 0 unspecified atom stereocenters. The Morgan fingerprint density at radius 3 is 2.36 bits per heavy atom. The molecule has 1 aliphatic carbocycles. The minimum atomic E-state index is -0.339. The summed E-state index contributed by atoms with van der Waals surface area (Å²) in [5.41, 5.74) is 3.63. The van der Waals surface area contributed by atoms with Gasteiger partial charge in [-0.3, -0.25) is 4.79 Å². The van der Waals surface area contributed by atoms with Crippen molar-refractivity contribution in [2.45, 2.75) is 38.8 Å². The molecule has 28 heavy (non-hydrogen) atoms. The molecule has 1 aliphatic heterocycles. The van der Waals surface area contributed by atoms with Gasteiger partial charge in [-0.1, -0.05) is 25.1 Å². The van der Waals surface area contributed by atoms with Gasteiger partial charge in [-0.25, -0.2) is 4.79 Å². The number of para-hydroxylation sites is 1. The van der Waals surface area contributed by atoms with Gasteiger partial charge in [0.05, 0.1) is 18.7 Å². The summed E-state index contributed by atoms with van der Waals surface area (Å²) in [5, 5.41) is 3.65. The summed E-state index contributed by atoms with van der Waals surface area (Å²) in [5.74, 6) is 0.607. The molecule has 4 rings (SSSR count). The molecule has 0 saturated heterocycles. The Morgan fingerprint density at radius 2 is 1.75 bits per heavy atom. The molecule has 0 bridgehead atoms. The molecule has 0 radical (unpaired) electrons. The van der Waals surface area contributed by atoms with Crippen LogP contribution in [0.5, 0.6) is 0 Å². The van der Waals surface area contributed by atoms with Crippen molar-refractivity contribution in [2.75, 3.05) is 17.3 Å².